The fourth-order valence-corrected chi connectivity index (χ4v) is 5.66. The van der Waals surface area contributed by atoms with E-state index in [1.54, 1.807) is 21.0 Å². The Labute approximate surface area is 175 Å². The van der Waals surface area contributed by atoms with Crippen molar-refractivity contribution >= 4 is 26.9 Å². The number of carbonyl (C=O) groups excluding carboxylic acids is 2. The van der Waals surface area contributed by atoms with Crippen molar-refractivity contribution in [3.05, 3.63) is 29.8 Å². The summed E-state index contributed by atoms with van der Waals surface area (Å²) in [5.41, 5.74) is 1.13. The van der Waals surface area contributed by atoms with Gasteiger partial charge in [0.25, 0.3) is 0 Å². The Kier molecular flexibility index (Phi) is 12.7. The van der Waals surface area contributed by atoms with Crippen molar-refractivity contribution in [2.75, 3.05) is 20.3 Å². The topological polar surface area (TPSA) is 61.8 Å². The van der Waals surface area contributed by atoms with E-state index >= 15 is 0 Å². The second kappa shape index (κ2) is 14.5. The van der Waals surface area contributed by atoms with Gasteiger partial charge in [-0.1, -0.05) is 0 Å². The summed E-state index contributed by atoms with van der Waals surface area (Å²) in [7, 11) is 1.64. The first-order valence-electron chi connectivity index (χ1n) is 10.2. The third-order valence-corrected chi connectivity index (χ3v) is 7.32. The van der Waals surface area contributed by atoms with Crippen molar-refractivity contribution in [1.82, 2.24) is 0 Å². The molecule has 1 atom stereocenters. The second-order valence-electron chi connectivity index (χ2n) is 6.49. The number of ether oxygens (including phenoxy) is 3. The van der Waals surface area contributed by atoms with Crippen LogP contribution in [0.4, 0.5) is 0 Å². The predicted octanol–water partition coefficient (Wildman–Crippen LogP) is 4.57. The molecule has 0 spiro atoms. The molecule has 158 valence electrons. The minimum absolute atomic E-state index is 0.152. The first-order valence-corrected chi connectivity index (χ1v) is 12.4. The van der Waals surface area contributed by atoms with Crippen LogP contribution in [0, 0.1) is 5.92 Å². The van der Waals surface area contributed by atoms with E-state index in [0.29, 0.717) is 6.42 Å². The Morgan fingerprint density at radius 3 is 2.04 bits per heavy atom. The molecule has 0 aliphatic rings. The van der Waals surface area contributed by atoms with Crippen LogP contribution < -0.4 is 4.74 Å². The third kappa shape index (κ3) is 8.66. The second-order valence-corrected chi connectivity index (χ2v) is 9.24. The van der Waals surface area contributed by atoms with Crippen LogP contribution in [0.25, 0.3) is 0 Å². The zero-order valence-electron chi connectivity index (χ0n) is 17.6. The molecule has 0 aromatic heterocycles. The molecule has 0 amide bonds. The van der Waals surface area contributed by atoms with E-state index < -0.39 is 17.9 Å². The molecule has 1 aromatic carbocycles. The summed E-state index contributed by atoms with van der Waals surface area (Å²) in [6, 6.07) is 7.92. The fraction of sp³-hybridized carbons (Fsp3) is 0.636. The Balaban J connectivity index is 2.94. The Morgan fingerprint density at radius 2 is 1.54 bits per heavy atom. The van der Waals surface area contributed by atoms with E-state index in [1.807, 2.05) is 24.3 Å². The van der Waals surface area contributed by atoms with Gasteiger partial charge in [-0.25, -0.2) is 0 Å². The number of carbonyl (C=O) groups is 2. The molecular weight excluding hydrogens is 423 g/mol. The summed E-state index contributed by atoms with van der Waals surface area (Å²) in [5, 5.41) is 1.13. The van der Waals surface area contributed by atoms with Crippen LogP contribution in [-0.4, -0.2) is 47.2 Å². The van der Waals surface area contributed by atoms with E-state index in [2.05, 4.69) is 6.92 Å². The normalized spacial score (nSPS) is 11.9. The molecule has 0 saturated carbocycles. The van der Waals surface area contributed by atoms with Crippen LogP contribution in [0.2, 0.25) is 5.32 Å². The third-order valence-electron chi connectivity index (χ3n) is 4.40. The van der Waals surface area contributed by atoms with Gasteiger partial charge in [-0.3, -0.25) is 0 Å². The molecule has 0 bridgehead atoms. The molecule has 5 nitrogen and oxygen atoms in total. The van der Waals surface area contributed by atoms with Gasteiger partial charge in [0, 0.05) is 0 Å². The number of hydrogen-bond donors (Lipinski definition) is 0. The van der Waals surface area contributed by atoms with E-state index in [4.69, 9.17) is 14.2 Å². The van der Waals surface area contributed by atoms with E-state index in [0.717, 1.165) is 16.6 Å². The summed E-state index contributed by atoms with van der Waals surface area (Å²) < 4.78 is 15.6. The van der Waals surface area contributed by atoms with Gasteiger partial charge in [0.2, 0.25) is 0 Å². The standard InChI is InChI=1S/C22H34O5Se/c1-5-8-9-10-15-28-20(17-11-13-18(25-4)14-12-17)16-19(21(23)26-6-2)22(24)27-7-3/h11-14,19-20H,5-10,15-16H2,1-4H3/t20-/m1/s1. The molecule has 1 rings (SSSR count). The molecule has 0 fully saturated rings. The van der Waals surface area contributed by atoms with Gasteiger partial charge in [-0.15, -0.1) is 0 Å². The summed E-state index contributed by atoms with van der Waals surface area (Å²) >= 11 is 0.277. The Morgan fingerprint density at radius 1 is 0.929 bits per heavy atom. The van der Waals surface area contributed by atoms with Crippen LogP contribution in [0.5, 0.6) is 5.75 Å². The average Bonchev–Trinajstić information content (AvgIpc) is 2.70. The number of benzene rings is 1. The Hall–Kier alpha value is -1.52. The van der Waals surface area contributed by atoms with Crippen LogP contribution in [0.1, 0.15) is 63.3 Å². The number of esters is 2. The van der Waals surface area contributed by atoms with Crippen molar-refractivity contribution in [3.63, 3.8) is 0 Å². The molecule has 0 heterocycles. The van der Waals surface area contributed by atoms with Crippen LogP contribution in [0.15, 0.2) is 24.3 Å². The quantitative estimate of drug-likeness (QED) is 0.177. The summed E-state index contributed by atoms with van der Waals surface area (Å²) in [6.45, 7) is 6.21. The average molecular weight is 457 g/mol. The van der Waals surface area contributed by atoms with Gasteiger partial charge < -0.3 is 0 Å². The van der Waals surface area contributed by atoms with E-state index in [-0.39, 0.29) is 33.0 Å². The molecular formula is C22H34O5Se. The summed E-state index contributed by atoms with van der Waals surface area (Å²) in [6.07, 6.45) is 5.30. The van der Waals surface area contributed by atoms with Crippen LogP contribution >= 0.6 is 0 Å². The predicted molar refractivity (Wildman–Crippen MR) is 112 cm³/mol. The monoisotopic (exact) mass is 458 g/mol. The zero-order valence-corrected chi connectivity index (χ0v) is 19.3. The molecule has 0 N–H and O–H groups in total. The summed E-state index contributed by atoms with van der Waals surface area (Å²) in [5.74, 6) is -1.04. The van der Waals surface area contributed by atoms with Crippen molar-refractivity contribution < 1.29 is 23.8 Å². The van der Waals surface area contributed by atoms with Gasteiger partial charge >= 0.3 is 176 Å². The van der Waals surface area contributed by atoms with Crippen LogP contribution in [0.3, 0.4) is 0 Å². The van der Waals surface area contributed by atoms with Crippen molar-refractivity contribution in [3.8, 4) is 5.75 Å². The molecule has 0 aliphatic heterocycles. The van der Waals surface area contributed by atoms with Gasteiger partial charge in [0.05, 0.1) is 0 Å². The van der Waals surface area contributed by atoms with Gasteiger partial charge in [0.15, 0.2) is 0 Å². The van der Waals surface area contributed by atoms with Gasteiger partial charge in [-0.2, -0.15) is 0 Å². The molecule has 6 heteroatoms. The van der Waals surface area contributed by atoms with E-state index in [1.165, 1.54) is 25.7 Å². The molecule has 28 heavy (non-hydrogen) atoms. The van der Waals surface area contributed by atoms with E-state index in [9.17, 15) is 9.59 Å². The maximum atomic E-state index is 12.4. The number of rotatable bonds is 14. The van der Waals surface area contributed by atoms with Gasteiger partial charge in [-0.05, 0) is 0 Å². The molecule has 0 saturated heterocycles. The number of unbranched alkanes of at least 4 members (excludes halogenated alkanes) is 3. The zero-order chi connectivity index (χ0) is 20.8. The molecule has 0 aliphatic carbocycles. The molecule has 1 aromatic rings. The molecule has 0 radical (unpaired) electrons. The maximum absolute atomic E-state index is 12.4. The van der Waals surface area contributed by atoms with Crippen molar-refractivity contribution in [2.45, 2.75) is 63.0 Å². The summed E-state index contributed by atoms with van der Waals surface area (Å²) in [4.78, 5) is 25.0. The first-order chi connectivity index (χ1) is 13.6. The minimum atomic E-state index is -0.871. The van der Waals surface area contributed by atoms with Gasteiger partial charge in [0.1, 0.15) is 0 Å². The van der Waals surface area contributed by atoms with Crippen molar-refractivity contribution in [2.24, 2.45) is 5.92 Å². The first kappa shape index (κ1) is 24.5. The van der Waals surface area contributed by atoms with Crippen LogP contribution in [-0.2, 0) is 19.1 Å². The van der Waals surface area contributed by atoms with Crippen molar-refractivity contribution in [1.29, 1.82) is 0 Å². The molecule has 0 unspecified atom stereocenters. The number of hydrogen-bond acceptors (Lipinski definition) is 5. The Bertz CT molecular complexity index is 555. The fourth-order valence-electron chi connectivity index (χ4n) is 2.86. The SMILES string of the molecule is CCCCCC[Se][C@H](CC(C(=O)OCC)C(=O)OCC)c1ccc(OC)cc1. The number of methoxy groups -OCH3 is 1.